The summed E-state index contributed by atoms with van der Waals surface area (Å²) in [6.45, 7) is 7.79. The highest BCUT2D eigenvalue weighted by atomic mass is 15.0. The number of aryl methyl sites for hydroxylation is 3. The number of hydrogen-bond donors (Lipinski definition) is 2. The van der Waals surface area contributed by atoms with Crippen LogP contribution < -0.4 is 10.6 Å². The first-order valence-electron chi connectivity index (χ1n) is 6.62. The highest BCUT2D eigenvalue weighted by Gasteiger charge is 2.26. The summed E-state index contributed by atoms with van der Waals surface area (Å²) in [5.74, 6) is 0. The van der Waals surface area contributed by atoms with Crippen LogP contribution in [-0.2, 0) is 0 Å². The summed E-state index contributed by atoms with van der Waals surface area (Å²) in [5, 5.41) is 7.11. The van der Waals surface area contributed by atoms with Gasteiger partial charge < -0.3 is 10.6 Å². The molecule has 0 spiro atoms. The Labute approximate surface area is 105 Å². The van der Waals surface area contributed by atoms with Crippen molar-refractivity contribution in [1.29, 1.82) is 0 Å². The summed E-state index contributed by atoms with van der Waals surface area (Å²) in [6, 6.07) is 5.61. The molecule has 2 unspecified atom stereocenters. The first kappa shape index (κ1) is 12.6. The molecule has 0 amide bonds. The minimum atomic E-state index is 0.443. The Morgan fingerprint density at radius 3 is 2.35 bits per heavy atom. The van der Waals surface area contributed by atoms with Gasteiger partial charge in [0.15, 0.2) is 0 Å². The maximum Gasteiger partial charge on any atom is 0.0478 e. The Morgan fingerprint density at radius 2 is 1.88 bits per heavy atom. The lowest BCUT2D eigenvalue weighted by Gasteiger charge is -2.27. The molecule has 0 bridgehead atoms. The molecule has 0 radical (unpaired) electrons. The maximum absolute atomic E-state index is 3.61. The van der Waals surface area contributed by atoms with E-state index in [2.05, 4.69) is 50.6 Å². The second-order valence-corrected chi connectivity index (χ2v) is 5.28. The van der Waals surface area contributed by atoms with Crippen molar-refractivity contribution in [2.24, 2.45) is 0 Å². The summed E-state index contributed by atoms with van der Waals surface area (Å²) in [7, 11) is 2.07. The van der Waals surface area contributed by atoms with Crippen LogP contribution in [0.1, 0.15) is 41.1 Å². The van der Waals surface area contributed by atoms with E-state index in [4.69, 9.17) is 0 Å². The zero-order valence-electron chi connectivity index (χ0n) is 11.4. The molecule has 1 aliphatic rings. The molecule has 2 rings (SSSR count). The highest BCUT2D eigenvalue weighted by Crippen LogP contribution is 2.28. The third-order valence-corrected chi connectivity index (χ3v) is 3.86. The molecule has 2 atom stereocenters. The van der Waals surface area contributed by atoms with Crippen molar-refractivity contribution in [3.05, 3.63) is 34.4 Å². The maximum atomic E-state index is 3.61. The third kappa shape index (κ3) is 2.53. The van der Waals surface area contributed by atoms with E-state index in [0.29, 0.717) is 12.1 Å². The van der Waals surface area contributed by atoms with Gasteiger partial charge in [0, 0.05) is 12.1 Å². The molecule has 1 saturated heterocycles. The molecule has 2 N–H and O–H groups in total. The molecule has 1 heterocycles. The van der Waals surface area contributed by atoms with Crippen molar-refractivity contribution in [1.82, 2.24) is 10.6 Å². The van der Waals surface area contributed by atoms with Crippen LogP contribution in [0.5, 0.6) is 0 Å². The van der Waals surface area contributed by atoms with Crippen LogP contribution in [0.2, 0.25) is 0 Å². The van der Waals surface area contributed by atoms with Crippen molar-refractivity contribution in [3.8, 4) is 0 Å². The third-order valence-electron chi connectivity index (χ3n) is 3.86. The van der Waals surface area contributed by atoms with Gasteiger partial charge in [-0.2, -0.15) is 0 Å². The number of hydrogen-bond acceptors (Lipinski definition) is 2. The highest BCUT2D eigenvalue weighted by molar-refractivity contribution is 5.40. The molecule has 0 aromatic heterocycles. The van der Waals surface area contributed by atoms with Gasteiger partial charge >= 0.3 is 0 Å². The molecule has 2 heteroatoms. The second-order valence-electron chi connectivity index (χ2n) is 5.28. The predicted molar refractivity (Wildman–Crippen MR) is 73.5 cm³/mol. The molecule has 0 aliphatic carbocycles. The first-order valence-corrected chi connectivity index (χ1v) is 6.62. The number of rotatable bonds is 3. The van der Waals surface area contributed by atoms with E-state index >= 15 is 0 Å². The Kier molecular flexibility index (Phi) is 3.85. The van der Waals surface area contributed by atoms with Crippen LogP contribution in [0, 0.1) is 20.8 Å². The standard InChI is InChI=1S/C15H24N2/c1-10-8-11(2)14(12(3)9-10)15(16-4)13-6-5-7-17-13/h8-9,13,15-17H,5-7H2,1-4H3. The summed E-state index contributed by atoms with van der Waals surface area (Å²) in [6.07, 6.45) is 2.57. The largest absolute Gasteiger partial charge is 0.312 e. The van der Waals surface area contributed by atoms with Crippen LogP contribution in [0.3, 0.4) is 0 Å². The quantitative estimate of drug-likeness (QED) is 0.837. The van der Waals surface area contributed by atoms with Crippen LogP contribution in [0.4, 0.5) is 0 Å². The average molecular weight is 232 g/mol. The predicted octanol–water partition coefficient (Wildman–Crippen LogP) is 2.62. The minimum Gasteiger partial charge on any atom is -0.312 e. The van der Waals surface area contributed by atoms with Crippen LogP contribution in [-0.4, -0.2) is 19.6 Å². The van der Waals surface area contributed by atoms with E-state index in [9.17, 15) is 0 Å². The minimum absolute atomic E-state index is 0.443. The van der Waals surface area contributed by atoms with Crippen LogP contribution in [0.15, 0.2) is 12.1 Å². The lowest BCUT2D eigenvalue weighted by atomic mass is 9.89. The summed E-state index contributed by atoms with van der Waals surface area (Å²) in [5.41, 5.74) is 5.67. The van der Waals surface area contributed by atoms with Gasteiger partial charge in [0.05, 0.1) is 0 Å². The smallest absolute Gasteiger partial charge is 0.0478 e. The van der Waals surface area contributed by atoms with Gasteiger partial charge in [-0.25, -0.2) is 0 Å². The van der Waals surface area contributed by atoms with Crippen molar-refractivity contribution in [2.75, 3.05) is 13.6 Å². The lowest BCUT2D eigenvalue weighted by Crippen LogP contribution is -2.37. The van der Waals surface area contributed by atoms with E-state index in [1.54, 1.807) is 0 Å². The molecule has 2 nitrogen and oxygen atoms in total. The SMILES string of the molecule is CNC(c1c(C)cc(C)cc1C)C1CCCN1. The molecule has 1 aromatic rings. The van der Waals surface area contributed by atoms with Crippen molar-refractivity contribution in [2.45, 2.75) is 45.7 Å². The normalized spacial score (nSPS) is 21.8. The topological polar surface area (TPSA) is 24.1 Å². The van der Waals surface area contributed by atoms with Gasteiger partial charge in [0.25, 0.3) is 0 Å². The van der Waals surface area contributed by atoms with E-state index < -0.39 is 0 Å². The Bertz CT molecular complexity index is 369. The lowest BCUT2D eigenvalue weighted by molar-refractivity contribution is 0.437. The van der Waals surface area contributed by atoms with E-state index in [1.807, 2.05) is 0 Å². The Hall–Kier alpha value is -0.860. The fourth-order valence-electron chi connectivity index (χ4n) is 3.22. The van der Waals surface area contributed by atoms with E-state index in [1.165, 1.54) is 35.1 Å². The number of likely N-dealkylation sites (N-methyl/N-ethyl adjacent to an activating group) is 1. The van der Waals surface area contributed by atoms with Gasteiger partial charge in [-0.05, 0) is 63.9 Å². The van der Waals surface area contributed by atoms with Gasteiger partial charge in [0.2, 0.25) is 0 Å². The van der Waals surface area contributed by atoms with Gasteiger partial charge in [0.1, 0.15) is 0 Å². The van der Waals surface area contributed by atoms with Crippen molar-refractivity contribution >= 4 is 0 Å². The first-order chi connectivity index (χ1) is 8.13. The molecule has 94 valence electrons. The second kappa shape index (κ2) is 5.19. The summed E-state index contributed by atoms with van der Waals surface area (Å²) < 4.78 is 0. The summed E-state index contributed by atoms with van der Waals surface area (Å²) >= 11 is 0. The molecule has 1 aliphatic heterocycles. The molecule has 1 fully saturated rings. The molecule has 17 heavy (non-hydrogen) atoms. The summed E-state index contributed by atoms with van der Waals surface area (Å²) in [4.78, 5) is 0. The van der Waals surface area contributed by atoms with Crippen LogP contribution in [0.25, 0.3) is 0 Å². The van der Waals surface area contributed by atoms with E-state index in [0.717, 1.165) is 6.54 Å². The molecule has 0 saturated carbocycles. The number of nitrogens with one attached hydrogen (secondary N) is 2. The monoisotopic (exact) mass is 232 g/mol. The Morgan fingerprint density at radius 1 is 1.24 bits per heavy atom. The fraction of sp³-hybridized carbons (Fsp3) is 0.600. The van der Waals surface area contributed by atoms with Crippen molar-refractivity contribution in [3.63, 3.8) is 0 Å². The van der Waals surface area contributed by atoms with Gasteiger partial charge in [-0.15, -0.1) is 0 Å². The average Bonchev–Trinajstić information content (AvgIpc) is 2.76. The van der Waals surface area contributed by atoms with E-state index in [-0.39, 0.29) is 0 Å². The molecular weight excluding hydrogens is 208 g/mol. The molecular formula is C15H24N2. The zero-order chi connectivity index (χ0) is 12.4. The Balaban J connectivity index is 2.36. The number of benzene rings is 1. The van der Waals surface area contributed by atoms with Crippen LogP contribution >= 0.6 is 0 Å². The fourth-order valence-corrected chi connectivity index (χ4v) is 3.22. The molecule has 1 aromatic carbocycles. The van der Waals surface area contributed by atoms with Gasteiger partial charge in [-0.3, -0.25) is 0 Å². The zero-order valence-corrected chi connectivity index (χ0v) is 11.4. The van der Waals surface area contributed by atoms with Gasteiger partial charge in [-0.1, -0.05) is 17.7 Å². The van der Waals surface area contributed by atoms with Crippen molar-refractivity contribution < 1.29 is 0 Å².